The Balaban J connectivity index is 2.07. The molecule has 1 atom stereocenters. The third-order valence-electron chi connectivity index (χ3n) is 3.97. The number of pyridine rings is 1. The van der Waals surface area contributed by atoms with E-state index in [0.717, 1.165) is 25.2 Å². The van der Waals surface area contributed by atoms with E-state index in [1.807, 2.05) is 6.92 Å². The highest BCUT2D eigenvalue weighted by Crippen LogP contribution is 2.30. The van der Waals surface area contributed by atoms with Crippen LogP contribution in [0.15, 0.2) is 23.9 Å². The molecular weight excluding hydrogens is 294 g/mol. The van der Waals surface area contributed by atoms with Gasteiger partial charge in [0.2, 0.25) is 5.91 Å². The fourth-order valence-corrected chi connectivity index (χ4v) is 2.86. The molecule has 0 saturated carbocycles. The van der Waals surface area contributed by atoms with Crippen molar-refractivity contribution in [3.63, 3.8) is 0 Å². The number of hydrogen-bond donors (Lipinski definition) is 1. The van der Waals surface area contributed by atoms with Crippen LogP contribution in [-0.2, 0) is 11.3 Å². The van der Waals surface area contributed by atoms with E-state index >= 15 is 0 Å². The molecule has 6 heteroatoms. The van der Waals surface area contributed by atoms with Crippen LogP contribution < -0.4 is 14.8 Å². The molecule has 0 fully saturated rings. The molecule has 1 aromatic rings. The van der Waals surface area contributed by atoms with Crippen LogP contribution in [0.2, 0.25) is 0 Å². The van der Waals surface area contributed by atoms with Gasteiger partial charge in [0.1, 0.15) is 5.69 Å². The van der Waals surface area contributed by atoms with E-state index in [2.05, 4.69) is 21.3 Å². The Kier molecular flexibility index (Phi) is 5.98. The number of hydrogen-bond acceptors (Lipinski definition) is 5. The molecular formula is C17H25N3O3. The lowest BCUT2D eigenvalue weighted by Gasteiger charge is -2.30. The van der Waals surface area contributed by atoms with Crippen molar-refractivity contribution in [2.75, 3.05) is 27.3 Å². The van der Waals surface area contributed by atoms with Crippen molar-refractivity contribution in [1.82, 2.24) is 15.2 Å². The lowest BCUT2D eigenvalue weighted by Crippen LogP contribution is -2.39. The zero-order chi connectivity index (χ0) is 16.8. The number of nitrogens with one attached hydrogen (secondary N) is 1. The maximum atomic E-state index is 11.2. The Morgan fingerprint density at radius 3 is 2.87 bits per heavy atom. The zero-order valence-corrected chi connectivity index (χ0v) is 14.3. The summed E-state index contributed by atoms with van der Waals surface area (Å²) in [5, 5.41) is 2.94. The molecule has 1 unspecified atom stereocenters. The lowest BCUT2D eigenvalue weighted by molar-refractivity contribution is -0.119. The lowest BCUT2D eigenvalue weighted by atomic mass is 10.0. The van der Waals surface area contributed by atoms with Gasteiger partial charge >= 0.3 is 0 Å². The van der Waals surface area contributed by atoms with E-state index in [9.17, 15) is 4.79 Å². The molecule has 2 rings (SSSR count). The monoisotopic (exact) mass is 319 g/mol. The summed E-state index contributed by atoms with van der Waals surface area (Å²) in [7, 11) is 3.25. The number of carbonyl (C=O) groups is 1. The zero-order valence-electron chi connectivity index (χ0n) is 14.3. The molecule has 1 aliphatic rings. The maximum absolute atomic E-state index is 11.2. The molecule has 1 N–H and O–H groups in total. The quantitative estimate of drug-likeness (QED) is 0.810. The molecule has 0 saturated heterocycles. The van der Waals surface area contributed by atoms with Crippen LogP contribution in [0, 0.1) is 0 Å². The molecule has 0 aliphatic carbocycles. The van der Waals surface area contributed by atoms with Crippen LogP contribution in [0.3, 0.4) is 0 Å². The first-order chi connectivity index (χ1) is 11.0. The van der Waals surface area contributed by atoms with Crippen LogP contribution >= 0.6 is 0 Å². The summed E-state index contributed by atoms with van der Waals surface area (Å²) in [4.78, 5) is 18.0. The average Bonchev–Trinajstić information content (AvgIpc) is 2.54. The van der Waals surface area contributed by atoms with E-state index in [1.165, 1.54) is 5.57 Å². The van der Waals surface area contributed by atoms with E-state index in [1.54, 1.807) is 33.4 Å². The molecule has 6 nitrogen and oxygen atoms in total. The molecule has 23 heavy (non-hydrogen) atoms. The van der Waals surface area contributed by atoms with Gasteiger partial charge in [-0.25, -0.2) is 0 Å². The first kappa shape index (κ1) is 17.3. The second-order valence-electron chi connectivity index (χ2n) is 5.69. The molecule has 0 bridgehead atoms. The summed E-state index contributed by atoms with van der Waals surface area (Å²) in [5.41, 5.74) is 2.09. The molecule has 2 heterocycles. The summed E-state index contributed by atoms with van der Waals surface area (Å²) >= 11 is 0. The maximum Gasteiger partial charge on any atom is 0.217 e. The summed E-state index contributed by atoms with van der Waals surface area (Å²) in [6, 6.07) is 1.85. The van der Waals surface area contributed by atoms with Crippen LogP contribution in [0.1, 0.15) is 26.0 Å². The second-order valence-corrected chi connectivity index (χ2v) is 5.69. The van der Waals surface area contributed by atoms with Gasteiger partial charge in [-0.05, 0) is 18.9 Å². The highest BCUT2D eigenvalue weighted by atomic mass is 16.5. The largest absolute Gasteiger partial charge is 0.493 e. The van der Waals surface area contributed by atoms with Crippen molar-refractivity contribution >= 4 is 5.91 Å². The van der Waals surface area contributed by atoms with E-state index in [0.29, 0.717) is 18.0 Å². The van der Waals surface area contributed by atoms with Gasteiger partial charge in [-0.1, -0.05) is 6.08 Å². The van der Waals surface area contributed by atoms with Gasteiger partial charge in [0.15, 0.2) is 11.5 Å². The average molecular weight is 319 g/mol. The highest BCUT2D eigenvalue weighted by molar-refractivity contribution is 5.73. The van der Waals surface area contributed by atoms with Crippen molar-refractivity contribution < 1.29 is 14.3 Å². The minimum absolute atomic E-state index is 0.00773. The van der Waals surface area contributed by atoms with Crippen LogP contribution in [0.25, 0.3) is 0 Å². The van der Waals surface area contributed by atoms with Crippen molar-refractivity contribution in [2.24, 2.45) is 0 Å². The fourth-order valence-electron chi connectivity index (χ4n) is 2.86. The van der Waals surface area contributed by atoms with Gasteiger partial charge in [-0.2, -0.15) is 0 Å². The van der Waals surface area contributed by atoms with E-state index in [4.69, 9.17) is 9.47 Å². The van der Waals surface area contributed by atoms with Crippen LogP contribution in [0.4, 0.5) is 0 Å². The minimum Gasteiger partial charge on any atom is -0.493 e. The van der Waals surface area contributed by atoms with Gasteiger partial charge in [-0.15, -0.1) is 0 Å². The van der Waals surface area contributed by atoms with Crippen molar-refractivity contribution in [2.45, 2.75) is 32.9 Å². The molecule has 1 amide bonds. The van der Waals surface area contributed by atoms with Gasteiger partial charge in [0.05, 0.1) is 14.2 Å². The van der Waals surface area contributed by atoms with Gasteiger partial charge in [0.25, 0.3) is 0 Å². The normalized spacial score (nSPS) is 16.4. The SMILES string of the molecule is COc1ccnc(CN2CCC=C(C(C)NC(C)=O)C2)c1OC. The highest BCUT2D eigenvalue weighted by Gasteiger charge is 2.20. The Morgan fingerprint density at radius 2 is 2.22 bits per heavy atom. The minimum atomic E-state index is -0.00773. The second kappa shape index (κ2) is 7.97. The van der Waals surface area contributed by atoms with Crippen LogP contribution in [0.5, 0.6) is 11.5 Å². The van der Waals surface area contributed by atoms with Gasteiger partial charge in [-0.3, -0.25) is 14.7 Å². The molecule has 0 spiro atoms. The molecule has 0 aromatic carbocycles. The number of carbonyl (C=O) groups excluding carboxylic acids is 1. The number of rotatable bonds is 6. The predicted molar refractivity (Wildman–Crippen MR) is 88.6 cm³/mol. The number of methoxy groups -OCH3 is 2. The first-order valence-corrected chi connectivity index (χ1v) is 7.79. The summed E-state index contributed by atoms with van der Waals surface area (Å²) in [5.74, 6) is 1.37. The number of ether oxygens (including phenoxy) is 2. The Morgan fingerprint density at radius 1 is 1.43 bits per heavy atom. The topological polar surface area (TPSA) is 63.7 Å². The predicted octanol–water partition coefficient (Wildman–Crippen LogP) is 1.76. The summed E-state index contributed by atoms with van der Waals surface area (Å²) < 4.78 is 10.8. The van der Waals surface area contributed by atoms with Gasteiger partial charge in [0, 0.05) is 44.9 Å². The Labute approximate surface area is 137 Å². The number of aromatic nitrogens is 1. The fraction of sp³-hybridized carbons (Fsp3) is 0.529. The smallest absolute Gasteiger partial charge is 0.217 e. The molecule has 0 radical (unpaired) electrons. The summed E-state index contributed by atoms with van der Waals surface area (Å²) in [6.45, 7) is 6.01. The Hall–Kier alpha value is -2.08. The molecule has 1 aliphatic heterocycles. The molecule has 1 aromatic heterocycles. The molecule has 126 valence electrons. The van der Waals surface area contributed by atoms with Crippen molar-refractivity contribution in [1.29, 1.82) is 0 Å². The Bertz CT molecular complexity index is 586. The first-order valence-electron chi connectivity index (χ1n) is 7.79. The van der Waals surface area contributed by atoms with Crippen LogP contribution in [-0.4, -0.2) is 49.1 Å². The summed E-state index contributed by atoms with van der Waals surface area (Å²) in [6.07, 6.45) is 4.91. The van der Waals surface area contributed by atoms with Crippen molar-refractivity contribution in [3.8, 4) is 11.5 Å². The third kappa shape index (κ3) is 4.45. The standard InChI is InChI=1S/C17H25N3O3/c1-12(19-13(2)21)14-6-5-9-20(10-14)11-15-17(23-4)16(22-3)7-8-18-15/h6-8,12H,5,9-11H2,1-4H3,(H,19,21). The number of nitrogens with zero attached hydrogens (tertiary/aromatic N) is 2. The van der Waals surface area contributed by atoms with Crippen molar-refractivity contribution in [3.05, 3.63) is 29.6 Å². The van der Waals surface area contributed by atoms with E-state index < -0.39 is 0 Å². The third-order valence-corrected chi connectivity index (χ3v) is 3.97. The van der Waals surface area contributed by atoms with E-state index in [-0.39, 0.29) is 11.9 Å². The van der Waals surface area contributed by atoms with Gasteiger partial charge < -0.3 is 14.8 Å². The number of amides is 1.